The summed E-state index contributed by atoms with van der Waals surface area (Å²) in [7, 11) is 0. The van der Waals surface area contributed by atoms with Crippen LogP contribution in [0.25, 0.3) is 82.5 Å². The monoisotopic (exact) mass is 785 g/mol. The molecule has 0 saturated carbocycles. The van der Waals surface area contributed by atoms with Crippen LogP contribution in [0.4, 0.5) is 0 Å². The number of fused-ring (bicyclic) bond motifs is 11. The maximum absolute atomic E-state index is 9.23. The van der Waals surface area contributed by atoms with Crippen LogP contribution in [-0.2, 0) is 12.1 Å². The lowest BCUT2D eigenvalue weighted by atomic mass is 9.85. The van der Waals surface area contributed by atoms with Gasteiger partial charge in [-0.05, 0) is 97.6 Å². The molecule has 284 valence electrons. The van der Waals surface area contributed by atoms with Crippen LogP contribution in [0.15, 0.2) is 176 Å². The third-order valence-corrected chi connectivity index (χ3v) is 14.6. The summed E-state index contributed by atoms with van der Waals surface area (Å²) in [6, 6.07) is 63.8. The van der Waals surface area contributed by atoms with Crippen molar-refractivity contribution in [3.8, 4) is 39.4 Å². The number of hydrogen-bond acceptors (Lipinski definition) is 4. The molecule has 0 spiro atoms. The fourth-order valence-electron chi connectivity index (χ4n) is 10.3. The number of allylic oxidation sites excluding steroid dienone is 1. The summed E-state index contributed by atoms with van der Waals surface area (Å²) in [4.78, 5) is 4.01. The molecule has 1 aliphatic carbocycles. The lowest BCUT2D eigenvalue weighted by molar-refractivity contribution is 0.215. The van der Waals surface area contributed by atoms with Crippen LogP contribution in [0.1, 0.15) is 46.5 Å². The van der Waals surface area contributed by atoms with Crippen molar-refractivity contribution in [1.82, 2.24) is 10.2 Å². The third-order valence-electron chi connectivity index (χ3n) is 13.1. The highest BCUT2D eigenvalue weighted by Crippen LogP contribution is 2.57. The van der Waals surface area contributed by atoms with E-state index in [1.54, 1.807) is 0 Å². The largest absolute Gasteiger partial charge is 0.356 e. The van der Waals surface area contributed by atoms with Gasteiger partial charge in [0.15, 0.2) is 0 Å². The number of thiophene rings is 1. The number of benzene rings is 8. The average molecular weight is 786 g/mol. The molecule has 1 aromatic heterocycles. The minimum absolute atomic E-state index is 0.348. The summed E-state index contributed by atoms with van der Waals surface area (Å²) < 4.78 is 1.35. The molecular weight excluding hydrogens is 747 g/mol. The van der Waals surface area contributed by atoms with Crippen molar-refractivity contribution in [2.45, 2.75) is 25.9 Å². The van der Waals surface area contributed by atoms with Gasteiger partial charge in [0.2, 0.25) is 0 Å². The lowest BCUT2D eigenvalue weighted by Crippen LogP contribution is -2.48. The van der Waals surface area contributed by atoms with Gasteiger partial charge in [-0.2, -0.15) is 5.26 Å². The molecule has 2 atom stereocenters. The second-order valence-corrected chi connectivity index (χ2v) is 17.7. The number of rotatable bonds is 4. The van der Waals surface area contributed by atoms with Gasteiger partial charge in [0.25, 0.3) is 0 Å². The minimum atomic E-state index is -0.453. The molecule has 3 aliphatic rings. The van der Waals surface area contributed by atoms with Crippen molar-refractivity contribution in [2.75, 3.05) is 0 Å². The second kappa shape index (κ2) is 13.2. The maximum Gasteiger partial charge on any atom is 0.148 e. The zero-order valence-corrected chi connectivity index (χ0v) is 34.1. The first-order chi connectivity index (χ1) is 29.5. The van der Waals surface area contributed by atoms with E-state index in [2.05, 4.69) is 182 Å². The topological polar surface area (TPSA) is 39.1 Å². The molecule has 0 saturated heterocycles. The van der Waals surface area contributed by atoms with Crippen molar-refractivity contribution >= 4 is 60.4 Å². The Hall–Kier alpha value is -7.19. The summed E-state index contributed by atoms with van der Waals surface area (Å²) in [6.45, 7) is 4.79. The van der Waals surface area contributed by atoms with Gasteiger partial charge in [-0.15, -0.1) is 11.3 Å². The molecule has 2 unspecified atom stereocenters. The summed E-state index contributed by atoms with van der Waals surface area (Å²) in [5, 5.41) is 19.8. The van der Waals surface area contributed by atoms with Gasteiger partial charge in [-0.25, -0.2) is 0 Å². The van der Waals surface area contributed by atoms with Crippen LogP contribution in [0.2, 0.25) is 0 Å². The fraction of sp³-hybridized carbons (Fsp3) is 0.0893. The van der Waals surface area contributed by atoms with E-state index in [-0.39, 0.29) is 0 Å². The van der Waals surface area contributed by atoms with Crippen molar-refractivity contribution < 1.29 is 0 Å². The van der Waals surface area contributed by atoms with E-state index in [1.807, 2.05) is 35.6 Å². The third kappa shape index (κ3) is 5.13. The summed E-state index contributed by atoms with van der Waals surface area (Å²) in [6.07, 6.45) is 3.49. The van der Waals surface area contributed by atoms with Gasteiger partial charge in [0.1, 0.15) is 5.66 Å². The summed E-state index contributed by atoms with van der Waals surface area (Å²) in [5.41, 5.74) is 16.4. The first-order valence-electron chi connectivity index (χ1n) is 20.8. The van der Waals surface area contributed by atoms with E-state index in [9.17, 15) is 5.26 Å². The smallest absolute Gasteiger partial charge is 0.148 e. The molecule has 3 heterocycles. The van der Waals surface area contributed by atoms with Crippen molar-refractivity contribution in [3.05, 3.63) is 208 Å². The molecule has 9 aromatic rings. The standard InChI is InChI=1S/C56H39N3S/c1-34-31-42-10-4-5-11-45(42)52-53(34)59-51(32-50-49-28-27-38-9-3-6-12-46(38)54(49)60-55(50)56(59,2)58-52)41-25-23-40(24-26-41)44-30-29-43(47-13-7-8-14-48(44)47)39-21-19-37(20-22-39)36-17-15-35(33-57)16-18-36/h3-30,32,34,58H,31H2,1-2H3. The van der Waals surface area contributed by atoms with Crippen molar-refractivity contribution in [1.29, 1.82) is 5.26 Å². The van der Waals surface area contributed by atoms with E-state index in [4.69, 9.17) is 0 Å². The molecule has 3 nitrogen and oxygen atoms in total. The van der Waals surface area contributed by atoms with E-state index in [0.717, 1.165) is 17.5 Å². The van der Waals surface area contributed by atoms with Crippen LogP contribution in [0, 0.1) is 17.2 Å². The highest BCUT2D eigenvalue weighted by Gasteiger charge is 2.51. The molecule has 4 heteroatoms. The van der Waals surface area contributed by atoms with Crippen molar-refractivity contribution in [3.63, 3.8) is 0 Å². The highest BCUT2D eigenvalue weighted by atomic mass is 32.1. The molecule has 8 aromatic carbocycles. The van der Waals surface area contributed by atoms with Crippen LogP contribution in [0.3, 0.4) is 0 Å². The number of nitriles is 1. The first-order valence-corrected chi connectivity index (χ1v) is 21.6. The Bertz CT molecular complexity index is 3340. The normalized spacial score (nSPS) is 17.8. The Morgan fingerprint density at radius 2 is 1.18 bits per heavy atom. The number of nitrogens with zero attached hydrogens (tertiary/aromatic N) is 2. The van der Waals surface area contributed by atoms with Crippen LogP contribution in [0.5, 0.6) is 0 Å². The minimum Gasteiger partial charge on any atom is -0.356 e. The van der Waals surface area contributed by atoms with Crippen LogP contribution < -0.4 is 5.32 Å². The Balaban J connectivity index is 0.965. The molecule has 0 fully saturated rings. The zero-order valence-electron chi connectivity index (χ0n) is 33.3. The first kappa shape index (κ1) is 34.8. The summed E-state index contributed by atoms with van der Waals surface area (Å²) >= 11 is 1.95. The van der Waals surface area contributed by atoms with Gasteiger partial charge in [-0.1, -0.05) is 165 Å². The molecular formula is C56H39N3S. The quantitative estimate of drug-likeness (QED) is 0.193. The average Bonchev–Trinajstić information content (AvgIpc) is 3.86. The Morgan fingerprint density at radius 1 is 0.600 bits per heavy atom. The van der Waals surface area contributed by atoms with Crippen molar-refractivity contribution in [2.24, 2.45) is 5.92 Å². The SMILES string of the molecule is CC1Cc2ccccc2C2=C1N1C(c3ccc(-c4ccc(-c5ccc(-c6ccc(C#N)cc6)cc5)c5ccccc45)cc3)=Cc3c(sc4c3ccc3ccccc34)C1(C)N2. The van der Waals surface area contributed by atoms with Crippen LogP contribution >= 0.6 is 11.3 Å². The molecule has 60 heavy (non-hydrogen) atoms. The Labute approximate surface area is 353 Å². The van der Waals surface area contributed by atoms with Gasteiger partial charge < -0.3 is 10.2 Å². The molecule has 0 bridgehead atoms. The molecule has 12 rings (SSSR count). The van der Waals surface area contributed by atoms with Gasteiger partial charge in [0.05, 0.1) is 27.9 Å². The van der Waals surface area contributed by atoms with E-state index in [0.29, 0.717) is 11.5 Å². The lowest BCUT2D eigenvalue weighted by Gasteiger charge is -2.44. The zero-order chi connectivity index (χ0) is 40.1. The molecule has 2 aliphatic heterocycles. The fourth-order valence-corrected chi connectivity index (χ4v) is 11.7. The summed E-state index contributed by atoms with van der Waals surface area (Å²) in [5.74, 6) is 0.348. The van der Waals surface area contributed by atoms with E-state index < -0.39 is 5.66 Å². The van der Waals surface area contributed by atoms with Crippen LogP contribution in [-0.4, -0.2) is 4.90 Å². The van der Waals surface area contributed by atoms with Gasteiger partial charge in [-0.3, -0.25) is 0 Å². The Morgan fingerprint density at radius 3 is 1.87 bits per heavy atom. The predicted molar refractivity (Wildman–Crippen MR) is 251 cm³/mol. The highest BCUT2D eigenvalue weighted by molar-refractivity contribution is 7.20. The Kier molecular flexibility index (Phi) is 7.64. The van der Waals surface area contributed by atoms with Gasteiger partial charge in [0, 0.05) is 32.8 Å². The number of hydrogen-bond donors (Lipinski definition) is 1. The molecule has 1 N–H and O–H groups in total. The predicted octanol–water partition coefficient (Wildman–Crippen LogP) is 14.2. The second-order valence-electron chi connectivity index (χ2n) is 16.6. The van der Waals surface area contributed by atoms with E-state index >= 15 is 0 Å². The molecule has 0 radical (unpaired) electrons. The van der Waals surface area contributed by atoms with E-state index in [1.165, 1.54) is 98.1 Å². The maximum atomic E-state index is 9.23. The molecule has 0 amide bonds. The van der Waals surface area contributed by atoms with Gasteiger partial charge >= 0.3 is 0 Å². The number of nitrogens with one attached hydrogen (secondary N) is 1.